The van der Waals surface area contributed by atoms with Crippen LogP contribution in [0.25, 0.3) is 0 Å². The van der Waals surface area contributed by atoms with Crippen molar-refractivity contribution in [1.29, 1.82) is 0 Å². The van der Waals surface area contributed by atoms with E-state index in [4.69, 9.17) is 0 Å². The third kappa shape index (κ3) is 3.33. The van der Waals surface area contributed by atoms with Crippen LogP contribution >= 0.6 is 0 Å². The molecule has 2 aliphatic rings. The molecule has 22 heavy (non-hydrogen) atoms. The minimum atomic E-state index is -0.710. The van der Waals surface area contributed by atoms with Crippen LogP contribution in [-0.4, -0.2) is 21.4 Å². The first-order valence-corrected chi connectivity index (χ1v) is 8.84. The number of aliphatic hydroxyl groups is 2. The molecule has 1 fully saturated rings. The molecule has 0 aliphatic heterocycles. The first-order chi connectivity index (χ1) is 10.1. The van der Waals surface area contributed by atoms with Crippen molar-refractivity contribution in [2.24, 2.45) is 11.3 Å². The van der Waals surface area contributed by atoms with Gasteiger partial charge < -0.3 is 10.2 Å². The molecule has 0 saturated heterocycles. The number of allylic oxidation sites excluding steroid dienone is 3. The minimum absolute atomic E-state index is 0.121. The molecule has 2 heteroatoms. The SMILES string of the molecule is C/C1=C\C[C@@]2(O)CC[C@@](C)(O)[C@@H](CC/C(C)=C/CC1)C2(C)C. The number of fused-ring (bicyclic) bond motifs is 2. The number of rotatable bonds is 0. The van der Waals surface area contributed by atoms with Crippen molar-refractivity contribution in [2.75, 3.05) is 0 Å². The van der Waals surface area contributed by atoms with Gasteiger partial charge in [0.25, 0.3) is 0 Å². The number of hydrogen-bond donors (Lipinski definition) is 2. The maximum Gasteiger partial charge on any atom is 0.0737 e. The summed E-state index contributed by atoms with van der Waals surface area (Å²) in [5, 5.41) is 22.3. The zero-order valence-corrected chi connectivity index (χ0v) is 15.1. The highest BCUT2D eigenvalue weighted by molar-refractivity contribution is 5.14. The monoisotopic (exact) mass is 306 g/mol. The maximum atomic E-state index is 11.4. The van der Waals surface area contributed by atoms with Crippen molar-refractivity contribution in [3.63, 3.8) is 0 Å². The third-order valence-electron chi connectivity index (χ3n) is 6.51. The topological polar surface area (TPSA) is 40.5 Å². The van der Waals surface area contributed by atoms with Crippen LogP contribution in [0.4, 0.5) is 0 Å². The maximum absolute atomic E-state index is 11.4. The van der Waals surface area contributed by atoms with E-state index in [9.17, 15) is 10.2 Å². The van der Waals surface area contributed by atoms with Gasteiger partial charge in [-0.1, -0.05) is 37.1 Å². The number of hydrogen-bond acceptors (Lipinski definition) is 2. The van der Waals surface area contributed by atoms with E-state index in [2.05, 4.69) is 39.8 Å². The van der Waals surface area contributed by atoms with Gasteiger partial charge in [0.2, 0.25) is 0 Å². The van der Waals surface area contributed by atoms with Crippen LogP contribution in [0.1, 0.15) is 79.6 Å². The molecular formula is C20H34O2. The van der Waals surface area contributed by atoms with E-state index < -0.39 is 11.2 Å². The summed E-state index contributed by atoms with van der Waals surface area (Å²) in [4.78, 5) is 0. The van der Waals surface area contributed by atoms with Crippen molar-refractivity contribution in [3.05, 3.63) is 23.3 Å². The van der Waals surface area contributed by atoms with Crippen LogP contribution in [0.2, 0.25) is 0 Å². The Morgan fingerprint density at radius 2 is 1.59 bits per heavy atom. The van der Waals surface area contributed by atoms with Gasteiger partial charge in [-0.05, 0) is 77.0 Å². The van der Waals surface area contributed by atoms with Crippen LogP contribution in [0.15, 0.2) is 23.3 Å². The van der Waals surface area contributed by atoms with Gasteiger partial charge >= 0.3 is 0 Å². The lowest BCUT2D eigenvalue weighted by Crippen LogP contribution is -2.60. The van der Waals surface area contributed by atoms with Crippen LogP contribution in [0.3, 0.4) is 0 Å². The molecule has 0 unspecified atom stereocenters. The van der Waals surface area contributed by atoms with Crippen molar-refractivity contribution >= 4 is 0 Å². The van der Waals surface area contributed by atoms with E-state index in [-0.39, 0.29) is 11.3 Å². The molecular weight excluding hydrogens is 272 g/mol. The van der Waals surface area contributed by atoms with E-state index in [1.807, 2.05) is 6.92 Å². The predicted molar refractivity (Wildman–Crippen MR) is 92.7 cm³/mol. The Morgan fingerprint density at radius 1 is 0.955 bits per heavy atom. The highest BCUT2D eigenvalue weighted by Crippen LogP contribution is 2.55. The molecule has 2 aliphatic carbocycles. The first-order valence-electron chi connectivity index (χ1n) is 8.84. The summed E-state index contributed by atoms with van der Waals surface area (Å²) in [7, 11) is 0. The second kappa shape index (κ2) is 6.13. The summed E-state index contributed by atoms with van der Waals surface area (Å²) in [6.07, 6.45) is 10.8. The zero-order valence-electron chi connectivity index (χ0n) is 15.1. The van der Waals surface area contributed by atoms with E-state index in [0.29, 0.717) is 19.3 Å². The van der Waals surface area contributed by atoms with E-state index in [1.54, 1.807) is 0 Å². The second-order valence-electron chi connectivity index (χ2n) is 8.55. The first kappa shape index (κ1) is 17.7. The smallest absolute Gasteiger partial charge is 0.0737 e. The molecule has 2 N–H and O–H groups in total. The molecule has 2 bridgehead atoms. The summed E-state index contributed by atoms with van der Waals surface area (Å²) in [6, 6.07) is 0. The fourth-order valence-corrected chi connectivity index (χ4v) is 4.56. The summed E-state index contributed by atoms with van der Waals surface area (Å²) in [5.41, 5.74) is 1.10. The zero-order chi connectivity index (χ0) is 16.6. The van der Waals surface area contributed by atoms with Crippen LogP contribution in [0, 0.1) is 11.3 Å². The van der Waals surface area contributed by atoms with Gasteiger partial charge in [0.15, 0.2) is 0 Å². The lowest BCUT2D eigenvalue weighted by atomic mass is 9.52. The Hall–Kier alpha value is -0.600. The Kier molecular flexibility index (Phi) is 4.94. The fourth-order valence-electron chi connectivity index (χ4n) is 4.56. The van der Waals surface area contributed by atoms with Gasteiger partial charge in [-0.3, -0.25) is 0 Å². The normalized spacial score (nSPS) is 44.8. The molecule has 3 atom stereocenters. The molecule has 0 heterocycles. The molecule has 1 saturated carbocycles. The lowest BCUT2D eigenvalue weighted by Gasteiger charge is -2.57. The van der Waals surface area contributed by atoms with Crippen molar-refractivity contribution in [1.82, 2.24) is 0 Å². The Labute approximate surface area is 136 Å². The molecule has 0 amide bonds. The Morgan fingerprint density at radius 3 is 2.27 bits per heavy atom. The predicted octanol–water partition coefficient (Wildman–Crippen LogP) is 4.76. The van der Waals surface area contributed by atoms with Gasteiger partial charge in [0.05, 0.1) is 11.2 Å². The molecule has 0 aromatic carbocycles. The average molecular weight is 306 g/mol. The van der Waals surface area contributed by atoms with Gasteiger partial charge in [0, 0.05) is 0 Å². The molecule has 126 valence electrons. The molecule has 2 rings (SSSR count). The lowest BCUT2D eigenvalue weighted by molar-refractivity contribution is -0.197. The van der Waals surface area contributed by atoms with E-state index in [1.165, 1.54) is 11.1 Å². The van der Waals surface area contributed by atoms with Crippen molar-refractivity contribution < 1.29 is 10.2 Å². The molecule has 0 spiro atoms. The van der Waals surface area contributed by atoms with Gasteiger partial charge in [0.1, 0.15) is 0 Å². The molecule has 2 nitrogen and oxygen atoms in total. The molecule has 0 radical (unpaired) electrons. The summed E-state index contributed by atoms with van der Waals surface area (Å²) < 4.78 is 0. The Bertz CT molecular complexity index is 470. The van der Waals surface area contributed by atoms with Gasteiger partial charge in [-0.25, -0.2) is 0 Å². The quantitative estimate of drug-likeness (QED) is 0.633. The Balaban J connectivity index is 2.40. The second-order valence-corrected chi connectivity index (χ2v) is 8.55. The fraction of sp³-hybridized carbons (Fsp3) is 0.800. The summed E-state index contributed by atoms with van der Waals surface area (Å²) >= 11 is 0. The summed E-state index contributed by atoms with van der Waals surface area (Å²) in [6.45, 7) is 10.6. The van der Waals surface area contributed by atoms with Crippen LogP contribution < -0.4 is 0 Å². The molecule has 0 aromatic heterocycles. The van der Waals surface area contributed by atoms with Gasteiger partial charge in [-0.2, -0.15) is 0 Å². The van der Waals surface area contributed by atoms with E-state index in [0.717, 1.165) is 25.7 Å². The average Bonchev–Trinajstić information content (AvgIpc) is 2.40. The van der Waals surface area contributed by atoms with Crippen LogP contribution in [0.5, 0.6) is 0 Å². The van der Waals surface area contributed by atoms with Crippen LogP contribution in [-0.2, 0) is 0 Å². The summed E-state index contributed by atoms with van der Waals surface area (Å²) in [5.74, 6) is 0.121. The van der Waals surface area contributed by atoms with E-state index >= 15 is 0 Å². The highest BCUT2D eigenvalue weighted by Gasteiger charge is 2.56. The van der Waals surface area contributed by atoms with Crippen molar-refractivity contribution in [3.8, 4) is 0 Å². The largest absolute Gasteiger partial charge is 0.390 e. The molecule has 0 aromatic rings. The highest BCUT2D eigenvalue weighted by atomic mass is 16.3. The standard InChI is InChI=1S/C20H34O2/c1-15-7-6-8-16(2)11-12-20(22)14-13-19(5,21)17(10-9-15)18(20,3)4/h7,11,17,21-22H,6,8-10,12-14H2,1-5H3/b15-7+,16-11+/t17-,19+,20+/m0/s1. The minimum Gasteiger partial charge on any atom is -0.390 e. The van der Waals surface area contributed by atoms with Gasteiger partial charge in [-0.15, -0.1) is 0 Å². The third-order valence-corrected chi connectivity index (χ3v) is 6.51. The van der Waals surface area contributed by atoms with Crippen molar-refractivity contribution in [2.45, 2.75) is 90.8 Å².